The summed E-state index contributed by atoms with van der Waals surface area (Å²) in [6.07, 6.45) is 0. The van der Waals surface area contributed by atoms with Gasteiger partial charge in [-0.1, -0.05) is 41.5 Å². The van der Waals surface area contributed by atoms with Gasteiger partial charge in [-0.15, -0.1) is 0 Å². The van der Waals surface area contributed by atoms with E-state index >= 15 is 0 Å². The topological polar surface area (TPSA) is 22.3 Å². The summed E-state index contributed by atoms with van der Waals surface area (Å²) in [5.74, 6) is 0. The molecule has 0 bridgehead atoms. The van der Waals surface area contributed by atoms with Gasteiger partial charge < -0.3 is 30.2 Å². The molecule has 1 aromatic carbocycles. The Morgan fingerprint density at radius 1 is 0.833 bits per heavy atom. The average Bonchev–Trinajstić information content (AvgIpc) is 2.56. The molecule has 102 valence electrons. The summed E-state index contributed by atoms with van der Waals surface area (Å²) in [5.41, 5.74) is 0.399. The maximum absolute atomic E-state index is 9.64. The maximum Gasteiger partial charge on any atom is 4.00 e. The Kier molecular flexibility index (Phi) is 16.6. The Balaban J connectivity index is -0.000000106. The van der Waals surface area contributed by atoms with Crippen LogP contribution in [0, 0.1) is 10.8 Å². The molecule has 0 saturated heterocycles. The molecule has 1 nitrogen and oxygen atoms in total. The fourth-order valence-corrected chi connectivity index (χ4v) is 1.45. The van der Waals surface area contributed by atoms with Crippen molar-refractivity contribution in [3.8, 4) is 0 Å². The monoisotopic (exact) mass is 323 g/mol. The third-order valence-corrected chi connectivity index (χ3v) is 1.98. The van der Waals surface area contributed by atoms with Gasteiger partial charge in [-0.2, -0.15) is 23.9 Å². The third kappa shape index (κ3) is 12.8. The van der Waals surface area contributed by atoms with Crippen molar-refractivity contribution in [1.82, 2.24) is 0 Å². The molecular weight excluding hydrogens is 301 g/mol. The fourth-order valence-electron chi connectivity index (χ4n) is 1.45. The van der Waals surface area contributed by atoms with Crippen LogP contribution in [0.3, 0.4) is 0 Å². The summed E-state index contributed by atoms with van der Waals surface area (Å²) in [7, 11) is 0. The van der Waals surface area contributed by atoms with Crippen LogP contribution in [-0.4, -0.2) is 5.71 Å². The number of rotatable bonds is 0. The second-order valence-electron chi connectivity index (χ2n) is 5.81. The summed E-state index contributed by atoms with van der Waals surface area (Å²) in [5, 5.41) is 9.64. The second kappa shape index (κ2) is 11.2. The first-order chi connectivity index (χ1) is 6.65. The molecule has 0 aliphatic heterocycles. The van der Waals surface area contributed by atoms with E-state index in [0.717, 1.165) is 0 Å². The van der Waals surface area contributed by atoms with E-state index in [1.807, 2.05) is 71.9 Å². The van der Waals surface area contributed by atoms with E-state index in [1.54, 1.807) is 0 Å². The normalized spacial score (nSPS) is 9.67. The van der Waals surface area contributed by atoms with Gasteiger partial charge in [0.25, 0.3) is 0 Å². The molecule has 0 saturated carbocycles. The van der Waals surface area contributed by atoms with Crippen molar-refractivity contribution in [2.45, 2.75) is 41.5 Å². The summed E-state index contributed by atoms with van der Waals surface area (Å²) < 4.78 is 0. The first-order valence-electron chi connectivity index (χ1n) is 5.39. The zero-order valence-electron chi connectivity index (χ0n) is 12.1. The third-order valence-electron chi connectivity index (χ3n) is 1.98. The molecule has 1 rings (SSSR count). The molecule has 0 aliphatic rings. The summed E-state index contributed by atoms with van der Waals surface area (Å²) in [4.78, 5) is 0. The van der Waals surface area contributed by atoms with Crippen LogP contribution in [0.5, 0.6) is 0 Å². The van der Waals surface area contributed by atoms with E-state index in [0.29, 0.717) is 5.71 Å². The van der Waals surface area contributed by atoms with Crippen molar-refractivity contribution in [3.63, 3.8) is 0 Å². The predicted molar refractivity (Wildman–Crippen MR) is 69.3 cm³/mol. The van der Waals surface area contributed by atoms with E-state index in [9.17, 15) is 5.41 Å². The molecule has 0 aromatic heterocycles. The maximum atomic E-state index is 9.64. The largest absolute Gasteiger partial charge is 4.00 e. The van der Waals surface area contributed by atoms with Crippen LogP contribution in [0.25, 0.3) is 5.41 Å². The minimum Gasteiger partial charge on any atom is -1.00 e. The van der Waals surface area contributed by atoms with E-state index in [1.165, 1.54) is 0 Å². The zero-order valence-corrected chi connectivity index (χ0v) is 15.2. The van der Waals surface area contributed by atoms with Crippen LogP contribution < -0.4 is 24.8 Å². The van der Waals surface area contributed by atoms with Crippen LogP contribution in [0.2, 0.25) is 0 Å². The zero-order chi connectivity index (χ0) is 12.1. The van der Waals surface area contributed by atoms with Crippen molar-refractivity contribution >= 4 is 5.71 Å². The Hall–Kier alpha value is 0.314. The molecule has 0 aliphatic carbocycles. The van der Waals surface area contributed by atoms with Gasteiger partial charge >= 0.3 is 21.7 Å². The van der Waals surface area contributed by atoms with Crippen LogP contribution in [-0.2, 0) is 21.7 Å². The van der Waals surface area contributed by atoms with Crippen molar-refractivity contribution in [3.05, 3.63) is 35.7 Å². The molecule has 1 aromatic rings. The van der Waals surface area contributed by atoms with E-state index < -0.39 is 0 Å². The van der Waals surface area contributed by atoms with Crippen molar-refractivity contribution in [1.29, 1.82) is 0 Å². The van der Waals surface area contributed by atoms with Crippen LogP contribution in [0.4, 0.5) is 0 Å². The first kappa shape index (κ1) is 26.8. The quantitative estimate of drug-likeness (QED) is 0.315. The van der Waals surface area contributed by atoms with Gasteiger partial charge in [0.2, 0.25) is 0 Å². The van der Waals surface area contributed by atoms with Gasteiger partial charge in [0.05, 0.1) is 0 Å². The minimum absolute atomic E-state index is 0. The van der Waals surface area contributed by atoms with Crippen LogP contribution in [0.1, 0.15) is 41.5 Å². The molecule has 18 heavy (non-hydrogen) atoms. The summed E-state index contributed by atoms with van der Waals surface area (Å²) in [6.45, 7) is 12.1. The Labute approximate surface area is 140 Å². The molecule has 0 amide bonds. The number of hydrogen-bond acceptors (Lipinski definition) is 0. The van der Waals surface area contributed by atoms with Gasteiger partial charge in [0.15, 0.2) is 0 Å². The molecule has 0 fully saturated rings. The van der Waals surface area contributed by atoms with Crippen LogP contribution >= 0.6 is 0 Å². The van der Waals surface area contributed by atoms with Gasteiger partial charge in [-0.05, 0) is 10.8 Å². The summed E-state index contributed by atoms with van der Waals surface area (Å²) >= 11 is 0. The predicted octanol–water partition coefficient (Wildman–Crippen LogP) is -1.50. The average molecular weight is 324 g/mol. The molecule has 0 atom stereocenters. The van der Waals surface area contributed by atoms with Crippen molar-refractivity contribution in [2.75, 3.05) is 0 Å². The molecule has 0 unspecified atom stereocenters. The molecule has 0 radical (unpaired) electrons. The molecule has 4 heteroatoms. The second-order valence-corrected chi connectivity index (χ2v) is 5.81. The van der Waals surface area contributed by atoms with Gasteiger partial charge in [-0.25, -0.2) is 12.1 Å². The van der Waals surface area contributed by atoms with Crippen LogP contribution in [0.15, 0.2) is 30.3 Å². The minimum atomic E-state index is -0.0851. The van der Waals surface area contributed by atoms with Gasteiger partial charge in [-0.3, -0.25) is 0 Å². The summed E-state index contributed by atoms with van der Waals surface area (Å²) in [6, 6.07) is 10.0. The number of halogens is 2. The van der Waals surface area contributed by atoms with Crippen molar-refractivity contribution < 1.29 is 46.5 Å². The van der Waals surface area contributed by atoms with Gasteiger partial charge in [0.1, 0.15) is 0 Å². The van der Waals surface area contributed by atoms with E-state index in [-0.39, 0.29) is 57.4 Å². The fraction of sp³-hybridized carbons (Fsp3) is 0.571. The first-order valence-corrected chi connectivity index (χ1v) is 5.39. The molecule has 0 heterocycles. The molecule has 0 spiro atoms. The Morgan fingerprint density at radius 3 is 1.17 bits per heavy atom. The smallest absolute Gasteiger partial charge is 1.00 e. The molecular formula is C14H23Cl2NTi. The number of nitrogens with zero attached hydrogens (tertiary/aromatic N) is 1. The Morgan fingerprint density at radius 2 is 1.11 bits per heavy atom. The van der Waals surface area contributed by atoms with Gasteiger partial charge in [0, 0.05) is 0 Å². The van der Waals surface area contributed by atoms with E-state index in [4.69, 9.17) is 0 Å². The van der Waals surface area contributed by atoms with Crippen molar-refractivity contribution in [2.24, 2.45) is 10.8 Å². The standard InChI is InChI=1S/C9H18N.C5H5.2ClH.Ti/c1-8(2,3)7(10)9(4,5)6;1-2-4-5-3-1;;;/h1-6H3;1-5H;2*1H;/q2*-1;;;+4/p-2. The van der Waals surface area contributed by atoms with E-state index in [2.05, 4.69) is 0 Å². The Bertz CT molecular complexity index is 249. The SMILES string of the molecule is CC(C)(C)C(=[N-])C(C)(C)C.[Cl-].[Cl-].[Ti+4].c1cc[cH-]c1. The number of hydrogen-bond donors (Lipinski definition) is 0. The molecule has 0 N–H and O–H groups in total.